The molecule has 1 rings (SSSR count). The molecule has 110 valence electrons. The number of nitrogens with one attached hydrogen (secondary N) is 1. The Hall–Kier alpha value is -0.330. The summed E-state index contributed by atoms with van der Waals surface area (Å²) in [4.78, 5) is 0.121. The number of benzene rings is 1. The fourth-order valence-electron chi connectivity index (χ4n) is 1.57. The number of hydrogen-bond donors (Lipinski definition) is 2. The molecule has 4 nitrogen and oxygen atoms in total. The van der Waals surface area contributed by atoms with Gasteiger partial charge in [-0.2, -0.15) is 0 Å². The van der Waals surface area contributed by atoms with Gasteiger partial charge in [-0.1, -0.05) is 31.0 Å². The van der Waals surface area contributed by atoms with E-state index in [4.69, 9.17) is 17.3 Å². The zero-order valence-corrected chi connectivity index (χ0v) is 13.4. The minimum Gasteiger partial charge on any atom is -0.329 e. The zero-order chi connectivity index (χ0) is 13.8. The second-order valence-electron chi connectivity index (χ2n) is 4.27. The van der Waals surface area contributed by atoms with E-state index in [1.54, 1.807) is 19.1 Å². The Labute approximate surface area is 126 Å². The number of sulfonamides is 1. The molecule has 0 fully saturated rings. The van der Waals surface area contributed by atoms with E-state index < -0.39 is 10.0 Å². The van der Waals surface area contributed by atoms with Crippen molar-refractivity contribution < 1.29 is 8.42 Å². The van der Waals surface area contributed by atoms with E-state index in [9.17, 15) is 8.42 Å². The van der Waals surface area contributed by atoms with Gasteiger partial charge < -0.3 is 5.73 Å². The van der Waals surface area contributed by atoms with E-state index in [1.807, 2.05) is 13.0 Å². The van der Waals surface area contributed by atoms with Crippen molar-refractivity contribution in [2.75, 3.05) is 6.54 Å². The summed E-state index contributed by atoms with van der Waals surface area (Å²) >= 11 is 5.96. The third-order valence-electron chi connectivity index (χ3n) is 2.53. The zero-order valence-electron chi connectivity index (χ0n) is 11.0. The molecule has 0 spiro atoms. The Morgan fingerprint density at radius 1 is 1.42 bits per heavy atom. The average molecular weight is 327 g/mol. The number of rotatable bonds is 6. The minimum absolute atomic E-state index is 0. The molecule has 0 aliphatic carbocycles. The fraction of sp³-hybridized carbons (Fsp3) is 0.500. The second-order valence-corrected chi connectivity index (χ2v) is 6.36. The lowest BCUT2D eigenvalue weighted by molar-refractivity contribution is 0.562. The first-order valence-electron chi connectivity index (χ1n) is 5.91. The van der Waals surface area contributed by atoms with Gasteiger partial charge >= 0.3 is 0 Å². The molecular formula is C12H20Cl2N2O2S. The largest absolute Gasteiger partial charge is 0.329 e. The topological polar surface area (TPSA) is 72.2 Å². The van der Waals surface area contributed by atoms with E-state index in [-0.39, 0.29) is 34.9 Å². The molecule has 0 saturated carbocycles. The van der Waals surface area contributed by atoms with Crippen LogP contribution in [0.15, 0.2) is 23.1 Å². The predicted molar refractivity (Wildman–Crippen MR) is 81.5 cm³/mol. The van der Waals surface area contributed by atoms with Crippen molar-refractivity contribution in [3.05, 3.63) is 28.8 Å². The predicted octanol–water partition coefficient (Wildman–Crippen LogP) is 2.34. The third-order valence-corrected chi connectivity index (χ3v) is 4.60. The average Bonchev–Trinajstić information content (AvgIpc) is 2.31. The lowest BCUT2D eigenvalue weighted by Crippen LogP contribution is -2.37. The molecule has 0 heterocycles. The van der Waals surface area contributed by atoms with Crippen LogP contribution in [0.4, 0.5) is 0 Å². The fourth-order valence-corrected chi connectivity index (χ4v) is 3.38. The molecule has 0 aromatic heterocycles. The summed E-state index contributed by atoms with van der Waals surface area (Å²) in [6.07, 6.45) is 1.78. The van der Waals surface area contributed by atoms with Gasteiger partial charge in [-0.3, -0.25) is 0 Å². The maximum absolute atomic E-state index is 12.1. The van der Waals surface area contributed by atoms with Gasteiger partial charge in [0.1, 0.15) is 4.90 Å². The Bertz CT molecular complexity index is 506. The maximum atomic E-state index is 12.1. The van der Waals surface area contributed by atoms with Crippen LogP contribution >= 0.6 is 24.0 Å². The first-order chi connectivity index (χ1) is 8.40. The lowest BCUT2D eigenvalue weighted by atomic mass is 10.1. The Balaban J connectivity index is 0.00000324. The summed E-state index contributed by atoms with van der Waals surface area (Å²) in [6.45, 7) is 3.99. The lowest BCUT2D eigenvalue weighted by Gasteiger charge is -2.13. The van der Waals surface area contributed by atoms with E-state index in [0.717, 1.165) is 18.4 Å². The van der Waals surface area contributed by atoms with Gasteiger partial charge in [0.15, 0.2) is 0 Å². The summed E-state index contributed by atoms with van der Waals surface area (Å²) < 4.78 is 26.8. The summed E-state index contributed by atoms with van der Waals surface area (Å²) in [7, 11) is -3.61. The number of halogens is 2. The molecule has 0 bridgehead atoms. The molecule has 0 aliphatic rings. The summed E-state index contributed by atoms with van der Waals surface area (Å²) in [5.41, 5.74) is 6.37. The first-order valence-corrected chi connectivity index (χ1v) is 7.77. The van der Waals surface area contributed by atoms with Gasteiger partial charge in [-0.05, 0) is 31.0 Å². The molecule has 1 aromatic carbocycles. The van der Waals surface area contributed by atoms with Crippen LogP contribution in [-0.4, -0.2) is 21.0 Å². The number of hydrogen-bond acceptors (Lipinski definition) is 3. The number of nitrogens with two attached hydrogens (primary N) is 1. The van der Waals surface area contributed by atoms with Crippen molar-refractivity contribution in [2.24, 2.45) is 5.73 Å². The summed E-state index contributed by atoms with van der Waals surface area (Å²) in [6, 6.07) is 4.77. The molecule has 3 N–H and O–H groups in total. The Morgan fingerprint density at radius 3 is 2.58 bits per heavy atom. The Morgan fingerprint density at radius 2 is 2.05 bits per heavy atom. The van der Waals surface area contributed by atoms with E-state index in [2.05, 4.69) is 4.72 Å². The normalized spacial score (nSPS) is 12.8. The second kappa shape index (κ2) is 8.07. The highest BCUT2D eigenvalue weighted by Crippen LogP contribution is 2.23. The minimum atomic E-state index is -3.61. The van der Waals surface area contributed by atoms with Gasteiger partial charge in [0, 0.05) is 12.6 Å². The van der Waals surface area contributed by atoms with Crippen LogP contribution in [-0.2, 0) is 16.4 Å². The van der Waals surface area contributed by atoms with Crippen molar-refractivity contribution in [1.82, 2.24) is 4.72 Å². The molecular weight excluding hydrogens is 307 g/mol. The van der Waals surface area contributed by atoms with Gasteiger partial charge in [-0.25, -0.2) is 13.1 Å². The van der Waals surface area contributed by atoms with Crippen LogP contribution in [0, 0.1) is 0 Å². The third kappa shape index (κ3) is 5.28. The number of aryl methyl sites for hydroxylation is 1. The van der Waals surface area contributed by atoms with E-state index in [1.165, 1.54) is 0 Å². The van der Waals surface area contributed by atoms with Crippen LogP contribution in [0.2, 0.25) is 5.02 Å². The monoisotopic (exact) mass is 326 g/mol. The van der Waals surface area contributed by atoms with Crippen LogP contribution in [0.5, 0.6) is 0 Å². The molecule has 0 aliphatic heterocycles. The van der Waals surface area contributed by atoms with E-state index in [0.29, 0.717) is 0 Å². The van der Waals surface area contributed by atoms with Gasteiger partial charge in [0.05, 0.1) is 5.02 Å². The first kappa shape index (κ1) is 18.7. The maximum Gasteiger partial charge on any atom is 0.242 e. The van der Waals surface area contributed by atoms with Crippen LogP contribution < -0.4 is 10.5 Å². The molecule has 1 atom stereocenters. The van der Waals surface area contributed by atoms with Gasteiger partial charge in [0.2, 0.25) is 10.0 Å². The van der Waals surface area contributed by atoms with Crippen LogP contribution in [0.3, 0.4) is 0 Å². The molecule has 1 aromatic rings. The van der Waals surface area contributed by atoms with Crippen LogP contribution in [0.1, 0.15) is 25.8 Å². The van der Waals surface area contributed by atoms with Crippen LogP contribution in [0.25, 0.3) is 0 Å². The van der Waals surface area contributed by atoms with Crippen molar-refractivity contribution in [1.29, 1.82) is 0 Å². The smallest absolute Gasteiger partial charge is 0.242 e. The standard InChI is InChI=1S/C12H19ClN2O2S.ClH/c1-3-4-10-5-6-11(13)12(7-10)18(16,17)15-9(2)8-14;/h5-7,9,15H,3-4,8,14H2,1-2H3;1H/t9-;/m1./s1. The van der Waals surface area contributed by atoms with E-state index >= 15 is 0 Å². The molecule has 19 heavy (non-hydrogen) atoms. The van der Waals surface area contributed by atoms with Gasteiger partial charge in [-0.15, -0.1) is 12.4 Å². The van der Waals surface area contributed by atoms with Gasteiger partial charge in [0.25, 0.3) is 0 Å². The highest BCUT2D eigenvalue weighted by molar-refractivity contribution is 7.89. The van der Waals surface area contributed by atoms with Crippen molar-refractivity contribution >= 4 is 34.0 Å². The highest BCUT2D eigenvalue weighted by atomic mass is 35.5. The highest BCUT2D eigenvalue weighted by Gasteiger charge is 2.20. The summed E-state index contributed by atoms with van der Waals surface area (Å²) in [5, 5.41) is 0.228. The van der Waals surface area contributed by atoms with Crippen molar-refractivity contribution in [3.63, 3.8) is 0 Å². The molecule has 7 heteroatoms. The molecule has 0 saturated heterocycles. The quantitative estimate of drug-likeness (QED) is 0.842. The van der Waals surface area contributed by atoms with Crippen molar-refractivity contribution in [3.8, 4) is 0 Å². The molecule has 0 amide bonds. The molecule has 0 radical (unpaired) electrons. The van der Waals surface area contributed by atoms with Crippen molar-refractivity contribution in [2.45, 2.75) is 37.6 Å². The Kier molecular flexibility index (Phi) is 7.93. The molecule has 0 unspecified atom stereocenters. The summed E-state index contributed by atoms with van der Waals surface area (Å²) in [5.74, 6) is 0. The SMILES string of the molecule is CCCc1ccc(Cl)c(S(=O)(=O)N[C@H](C)CN)c1.Cl.